The molecule has 0 bridgehead atoms. The van der Waals surface area contributed by atoms with Gasteiger partial charge in [-0.25, -0.2) is 0 Å². The van der Waals surface area contributed by atoms with Crippen molar-refractivity contribution in [3.05, 3.63) is 0 Å². The minimum absolute atomic E-state index is 0.0263. The Balaban J connectivity index is 2.21. The molecule has 0 aromatic rings. The van der Waals surface area contributed by atoms with Gasteiger partial charge in [-0.1, -0.05) is 20.8 Å². The summed E-state index contributed by atoms with van der Waals surface area (Å²) in [7, 11) is 0. The maximum atomic E-state index is 12.8. The van der Waals surface area contributed by atoms with Gasteiger partial charge in [0.1, 0.15) is 12.1 Å². The van der Waals surface area contributed by atoms with Crippen LogP contribution in [0.25, 0.3) is 0 Å². The highest BCUT2D eigenvalue weighted by atomic mass is 32.2. The zero-order valence-corrected chi connectivity index (χ0v) is 13.7. The summed E-state index contributed by atoms with van der Waals surface area (Å²) >= 11 is 1.88. The Labute approximate surface area is 126 Å². The van der Waals surface area contributed by atoms with Gasteiger partial charge in [-0.2, -0.15) is 11.8 Å². The van der Waals surface area contributed by atoms with Gasteiger partial charge in [-0.05, 0) is 37.9 Å². The van der Waals surface area contributed by atoms with Crippen molar-refractivity contribution in [1.82, 2.24) is 10.2 Å². The number of nitrogens with zero attached hydrogens (tertiary/aromatic N) is 1. The fraction of sp³-hybridized carbons (Fsp3) is 0.867. The lowest BCUT2D eigenvalue weighted by Crippen LogP contribution is -2.66. The predicted octanol–water partition coefficient (Wildman–Crippen LogP) is 2.03. The van der Waals surface area contributed by atoms with E-state index in [2.05, 4.69) is 11.6 Å². The average Bonchev–Trinajstić information content (AvgIpc) is 2.88. The molecular formula is C15H26N2O2S. The van der Waals surface area contributed by atoms with Crippen LogP contribution in [0.2, 0.25) is 0 Å². The van der Waals surface area contributed by atoms with Crippen LogP contribution in [0.4, 0.5) is 0 Å². The second-order valence-electron chi connectivity index (χ2n) is 6.22. The van der Waals surface area contributed by atoms with Crippen LogP contribution in [0.1, 0.15) is 46.5 Å². The molecule has 2 aliphatic rings. The standard InChI is InChI=1S/C15H26N2O2S/c1-5-12-14(18)16-13(9(2)3)15(19)17(12)10-6-7-11(8-10)20-4/h9-13H,5-8H2,1-4H3,(H,16,18). The van der Waals surface area contributed by atoms with Crippen LogP contribution in [-0.2, 0) is 9.59 Å². The summed E-state index contributed by atoms with van der Waals surface area (Å²) in [6, 6.07) is -0.376. The predicted molar refractivity (Wildman–Crippen MR) is 82.6 cm³/mol. The highest BCUT2D eigenvalue weighted by Gasteiger charge is 2.45. The molecule has 4 nitrogen and oxygen atoms in total. The van der Waals surface area contributed by atoms with Crippen LogP contribution in [0.15, 0.2) is 0 Å². The number of carbonyl (C=O) groups excluding carboxylic acids is 2. The monoisotopic (exact) mass is 298 g/mol. The zero-order valence-electron chi connectivity index (χ0n) is 12.9. The SMILES string of the molecule is CCC1C(=O)NC(C(C)C)C(=O)N1C1CCC(SC)C1. The lowest BCUT2D eigenvalue weighted by molar-refractivity contribution is -0.153. The molecule has 4 atom stereocenters. The second-order valence-corrected chi connectivity index (χ2v) is 7.36. The van der Waals surface area contributed by atoms with Crippen molar-refractivity contribution in [1.29, 1.82) is 0 Å². The molecule has 1 aliphatic heterocycles. The molecule has 1 N–H and O–H groups in total. The van der Waals surface area contributed by atoms with Gasteiger partial charge in [-0.15, -0.1) is 0 Å². The third-order valence-electron chi connectivity index (χ3n) is 4.59. The first-order valence-corrected chi connectivity index (χ1v) is 8.93. The molecule has 1 heterocycles. The van der Waals surface area contributed by atoms with E-state index in [1.807, 2.05) is 37.4 Å². The first kappa shape index (κ1) is 15.7. The first-order chi connectivity index (χ1) is 9.49. The van der Waals surface area contributed by atoms with E-state index >= 15 is 0 Å². The molecule has 0 spiro atoms. The number of nitrogens with one attached hydrogen (secondary N) is 1. The molecule has 0 aromatic carbocycles. The van der Waals surface area contributed by atoms with E-state index in [9.17, 15) is 9.59 Å². The lowest BCUT2D eigenvalue weighted by atomic mass is 9.95. The number of carbonyl (C=O) groups is 2. The van der Waals surface area contributed by atoms with Crippen molar-refractivity contribution in [2.24, 2.45) is 5.92 Å². The van der Waals surface area contributed by atoms with Crippen LogP contribution in [0.3, 0.4) is 0 Å². The highest BCUT2D eigenvalue weighted by Crippen LogP contribution is 2.34. The quantitative estimate of drug-likeness (QED) is 0.864. The average molecular weight is 298 g/mol. The minimum Gasteiger partial charge on any atom is -0.342 e. The van der Waals surface area contributed by atoms with Crippen molar-refractivity contribution in [2.45, 2.75) is 69.8 Å². The summed E-state index contributed by atoms with van der Waals surface area (Å²) in [5, 5.41) is 3.54. The first-order valence-electron chi connectivity index (χ1n) is 7.64. The highest BCUT2D eigenvalue weighted by molar-refractivity contribution is 7.99. The van der Waals surface area contributed by atoms with Gasteiger partial charge in [0.2, 0.25) is 11.8 Å². The Kier molecular flexibility index (Phi) is 4.99. The molecule has 2 fully saturated rings. The van der Waals surface area contributed by atoms with Gasteiger partial charge < -0.3 is 10.2 Å². The van der Waals surface area contributed by atoms with Crippen molar-refractivity contribution in [3.63, 3.8) is 0 Å². The maximum Gasteiger partial charge on any atom is 0.246 e. The molecule has 20 heavy (non-hydrogen) atoms. The summed E-state index contributed by atoms with van der Waals surface area (Å²) in [6.45, 7) is 5.97. The number of rotatable bonds is 4. The Hall–Kier alpha value is -0.710. The van der Waals surface area contributed by atoms with Gasteiger partial charge in [0.05, 0.1) is 0 Å². The number of thioether (sulfide) groups is 1. The minimum atomic E-state index is -0.348. The summed E-state index contributed by atoms with van der Waals surface area (Å²) in [5.41, 5.74) is 0. The normalized spacial score (nSPS) is 34.8. The molecule has 0 radical (unpaired) electrons. The third-order valence-corrected chi connectivity index (χ3v) is 5.69. The van der Waals surface area contributed by atoms with E-state index in [1.54, 1.807) is 0 Å². The van der Waals surface area contributed by atoms with Crippen LogP contribution >= 0.6 is 11.8 Å². The van der Waals surface area contributed by atoms with E-state index in [-0.39, 0.29) is 35.9 Å². The molecule has 0 aromatic heterocycles. The van der Waals surface area contributed by atoms with E-state index < -0.39 is 0 Å². The molecule has 5 heteroatoms. The summed E-state index contributed by atoms with van der Waals surface area (Å²) < 4.78 is 0. The Morgan fingerprint density at radius 3 is 2.55 bits per heavy atom. The fourth-order valence-corrected chi connectivity index (χ4v) is 4.19. The van der Waals surface area contributed by atoms with Crippen LogP contribution in [0.5, 0.6) is 0 Å². The molecule has 1 saturated heterocycles. The molecular weight excluding hydrogens is 272 g/mol. The zero-order chi connectivity index (χ0) is 14.9. The molecule has 114 valence electrons. The molecule has 1 saturated carbocycles. The molecule has 1 aliphatic carbocycles. The van der Waals surface area contributed by atoms with E-state index in [0.717, 1.165) is 19.3 Å². The van der Waals surface area contributed by atoms with Crippen molar-refractivity contribution < 1.29 is 9.59 Å². The maximum absolute atomic E-state index is 12.8. The number of hydrogen-bond donors (Lipinski definition) is 1. The van der Waals surface area contributed by atoms with Crippen molar-refractivity contribution in [2.75, 3.05) is 6.26 Å². The molecule has 4 unspecified atom stereocenters. The number of piperazine rings is 1. The number of hydrogen-bond acceptors (Lipinski definition) is 3. The summed E-state index contributed by atoms with van der Waals surface area (Å²) in [4.78, 5) is 27.0. The largest absolute Gasteiger partial charge is 0.342 e. The third kappa shape index (κ3) is 2.83. The van der Waals surface area contributed by atoms with E-state index in [4.69, 9.17) is 0 Å². The Morgan fingerprint density at radius 2 is 2.05 bits per heavy atom. The van der Waals surface area contributed by atoms with Gasteiger partial charge in [0, 0.05) is 11.3 Å². The summed E-state index contributed by atoms with van der Waals surface area (Å²) in [6.07, 6.45) is 6.04. The van der Waals surface area contributed by atoms with Crippen LogP contribution in [0, 0.1) is 5.92 Å². The molecule has 2 amide bonds. The van der Waals surface area contributed by atoms with Gasteiger partial charge in [-0.3, -0.25) is 9.59 Å². The smallest absolute Gasteiger partial charge is 0.246 e. The van der Waals surface area contributed by atoms with Gasteiger partial charge >= 0.3 is 0 Å². The Morgan fingerprint density at radius 1 is 1.35 bits per heavy atom. The van der Waals surface area contributed by atoms with Crippen molar-refractivity contribution >= 4 is 23.6 Å². The van der Waals surface area contributed by atoms with E-state index in [0.29, 0.717) is 11.7 Å². The second kappa shape index (κ2) is 6.37. The summed E-state index contributed by atoms with van der Waals surface area (Å²) in [5.74, 6) is 0.293. The molecule has 2 rings (SSSR count). The van der Waals surface area contributed by atoms with E-state index in [1.165, 1.54) is 0 Å². The van der Waals surface area contributed by atoms with Crippen molar-refractivity contribution in [3.8, 4) is 0 Å². The topological polar surface area (TPSA) is 49.4 Å². The van der Waals surface area contributed by atoms with Crippen LogP contribution < -0.4 is 5.32 Å². The van der Waals surface area contributed by atoms with Crippen LogP contribution in [-0.4, -0.2) is 46.3 Å². The van der Waals surface area contributed by atoms with Gasteiger partial charge in [0.25, 0.3) is 0 Å². The lowest BCUT2D eigenvalue weighted by Gasteiger charge is -2.43. The Bertz CT molecular complexity index is 386. The number of amides is 2. The fourth-order valence-electron chi connectivity index (χ4n) is 3.40. The van der Waals surface area contributed by atoms with Gasteiger partial charge in [0.15, 0.2) is 0 Å².